The Kier molecular flexibility index (Phi) is 2.72. The Hall–Kier alpha value is 0.0800. The average molecular weight is 281 g/mol. The molecule has 0 aromatic heterocycles. The van der Waals surface area contributed by atoms with E-state index in [1.54, 1.807) is 0 Å². The first-order valence-electron chi connectivity index (χ1n) is 4.10. The molecule has 0 bridgehead atoms. The van der Waals surface area contributed by atoms with Gasteiger partial charge in [-0.15, -0.1) is 0 Å². The zero-order valence-corrected chi connectivity index (χ0v) is 9.93. The largest absolute Gasteiger partial charge is 0.384 e. The quantitative estimate of drug-likeness (QED) is 0.705. The summed E-state index contributed by atoms with van der Waals surface area (Å²) < 4.78 is 0.876. The van der Waals surface area contributed by atoms with Crippen molar-refractivity contribution in [3.05, 3.63) is 26.1 Å². The van der Waals surface area contributed by atoms with E-state index in [2.05, 4.69) is 21.2 Å². The lowest BCUT2D eigenvalue weighted by atomic mass is 10.0. The predicted octanol–water partition coefficient (Wildman–Crippen LogP) is 4.11. The number of fused-ring (bicyclic) bond motifs is 1. The van der Waals surface area contributed by atoms with E-state index < -0.39 is 0 Å². The number of aryl methyl sites for hydroxylation is 1. The molecule has 0 atom stereocenters. The lowest BCUT2D eigenvalue weighted by Crippen LogP contribution is -2.12. The normalized spacial score (nSPS) is 15.0. The van der Waals surface area contributed by atoms with Crippen molar-refractivity contribution < 1.29 is 0 Å². The molecular formula is C9H8BrCl2N. The van der Waals surface area contributed by atoms with E-state index in [4.69, 9.17) is 23.2 Å². The molecule has 0 unspecified atom stereocenters. The lowest BCUT2D eigenvalue weighted by molar-refractivity contribution is 0.830. The van der Waals surface area contributed by atoms with Crippen LogP contribution in [0.15, 0.2) is 10.5 Å². The molecule has 1 aromatic carbocycles. The summed E-state index contributed by atoms with van der Waals surface area (Å²) in [6.07, 6.45) is 2.22. The molecule has 0 radical (unpaired) electrons. The van der Waals surface area contributed by atoms with Gasteiger partial charge in [-0.25, -0.2) is 0 Å². The van der Waals surface area contributed by atoms with Crippen molar-refractivity contribution in [2.75, 3.05) is 11.9 Å². The molecule has 1 aliphatic rings. The maximum atomic E-state index is 6.09. The Morgan fingerprint density at radius 3 is 2.85 bits per heavy atom. The number of nitrogens with one attached hydrogen (secondary N) is 1. The summed E-state index contributed by atoms with van der Waals surface area (Å²) in [5.74, 6) is 0. The molecule has 1 aromatic rings. The highest BCUT2D eigenvalue weighted by atomic mass is 79.9. The number of rotatable bonds is 0. The van der Waals surface area contributed by atoms with Gasteiger partial charge in [0.05, 0.1) is 15.7 Å². The molecule has 2 rings (SSSR count). The molecule has 0 fully saturated rings. The summed E-state index contributed by atoms with van der Waals surface area (Å²) in [4.78, 5) is 0. The molecule has 1 nitrogen and oxygen atoms in total. The maximum Gasteiger partial charge on any atom is 0.0837 e. The second kappa shape index (κ2) is 3.68. The molecule has 70 valence electrons. The molecule has 0 spiro atoms. The Morgan fingerprint density at radius 1 is 1.31 bits per heavy atom. The minimum Gasteiger partial charge on any atom is -0.384 e. The molecule has 1 aliphatic heterocycles. The van der Waals surface area contributed by atoms with Crippen molar-refractivity contribution in [1.82, 2.24) is 0 Å². The standard InChI is InChI=1S/C9H8BrCl2N/c10-6-4-5-2-1-3-13-9(5)8(12)7(6)11/h4,13H,1-3H2. The van der Waals surface area contributed by atoms with Crippen molar-refractivity contribution in [3.63, 3.8) is 0 Å². The van der Waals surface area contributed by atoms with Crippen LogP contribution < -0.4 is 5.32 Å². The SMILES string of the molecule is Clc1c(Br)cc2c(c1Cl)NCCC2. The molecule has 0 aliphatic carbocycles. The highest BCUT2D eigenvalue weighted by Crippen LogP contribution is 2.40. The van der Waals surface area contributed by atoms with Crippen LogP contribution in [0.4, 0.5) is 5.69 Å². The minimum absolute atomic E-state index is 0.592. The Labute approximate surface area is 95.5 Å². The summed E-state index contributed by atoms with van der Waals surface area (Å²) in [5.41, 5.74) is 2.24. The molecule has 0 saturated heterocycles. The smallest absolute Gasteiger partial charge is 0.0837 e. The van der Waals surface area contributed by atoms with E-state index in [0.717, 1.165) is 29.5 Å². The van der Waals surface area contributed by atoms with Gasteiger partial charge in [-0.3, -0.25) is 0 Å². The van der Waals surface area contributed by atoms with Gasteiger partial charge in [0.15, 0.2) is 0 Å². The van der Waals surface area contributed by atoms with Gasteiger partial charge in [0.1, 0.15) is 0 Å². The first-order chi connectivity index (χ1) is 6.20. The number of benzene rings is 1. The minimum atomic E-state index is 0.592. The topological polar surface area (TPSA) is 12.0 Å². The van der Waals surface area contributed by atoms with Crippen LogP contribution in [0.3, 0.4) is 0 Å². The Morgan fingerprint density at radius 2 is 2.08 bits per heavy atom. The fraction of sp³-hybridized carbons (Fsp3) is 0.333. The molecule has 1 N–H and O–H groups in total. The van der Waals surface area contributed by atoms with Crippen LogP contribution >= 0.6 is 39.1 Å². The summed E-state index contributed by atoms with van der Waals surface area (Å²) in [6, 6.07) is 2.04. The van der Waals surface area contributed by atoms with Crippen LogP contribution in [-0.4, -0.2) is 6.54 Å². The second-order valence-electron chi connectivity index (χ2n) is 3.05. The van der Waals surface area contributed by atoms with Gasteiger partial charge >= 0.3 is 0 Å². The fourth-order valence-electron chi connectivity index (χ4n) is 1.52. The van der Waals surface area contributed by atoms with Gasteiger partial charge in [0, 0.05) is 11.0 Å². The van der Waals surface area contributed by atoms with Crippen molar-refractivity contribution in [2.24, 2.45) is 0 Å². The van der Waals surface area contributed by atoms with E-state index in [1.165, 1.54) is 5.56 Å². The summed E-state index contributed by atoms with van der Waals surface area (Å²) in [5, 5.41) is 4.48. The molecule has 4 heteroatoms. The van der Waals surface area contributed by atoms with Crippen molar-refractivity contribution >= 4 is 44.8 Å². The van der Waals surface area contributed by atoms with E-state index in [-0.39, 0.29) is 0 Å². The third kappa shape index (κ3) is 1.67. The van der Waals surface area contributed by atoms with Crippen LogP contribution in [-0.2, 0) is 6.42 Å². The molecule has 0 saturated carbocycles. The van der Waals surface area contributed by atoms with Gasteiger partial charge in [0.25, 0.3) is 0 Å². The number of hydrogen-bond acceptors (Lipinski definition) is 1. The van der Waals surface area contributed by atoms with Crippen molar-refractivity contribution in [3.8, 4) is 0 Å². The van der Waals surface area contributed by atoms with E-state index in [9.17, 15) is 0 Å². The first kappa shape index (κ1) is 9.63. The predicted molar refractivity (Wildman–Crippen MR) is 61.0 cm³/mol. The summed E-state index contributed by atoms with van der Waals surface area (Å²) in [7, 11) is 0. The maximum absolute atomic E-state index is 6.09. The highest BCUT2D eigenvalue weighted by Gasteiger charge is 2.16. The van der Waals surface area contributed by atoms with E-state index in [0.29, 0.717) is 10.0 Å². The van der Waals surface area contributed by atoms with E-state index >= 15 is 0 Å². The van der Waals surface area contributed by atoms with Gasteiger partial charge in [-0.1, -0.05) is 23.2 Å². The zero-order valence-electron chi connectivity index (χ0n) is 6.83. The Bertz CT molecular complexity index is 352. The lowest BCUT2D eigenvalue weighted by Gasteiger charge is -2.20. The number of anilines is 1. The molecule has 1 heterocycles. The van der Waals surface area contributed by atoms with Gasteiger partial charge < -0.3 is 5.32 Å². The van der Waals surface area contributed by atoms with Crippen molar-refractivity contribution in [2.45, 2.75) is 12.8 Å². The van der Waals surface area contributed by atoms with Crippen LogP contribution in [0.5, 0.6) is 0 Å². The van der Waals surface area contributed by atoms with Gasteiger partial charge in [0.2, 0.25) is 0 Å². The number of halogens is 3. The van der Waals surface area contributed by atoms with Gasteiger partial charge in [-0.2, -0.15) is 0 Å². The molecule has 13 heavy (non-hydrogen) atoms. The van der Waals surface area contributed by atoms with Crippen LogP contribution in [0.1, 0.15) is 12.0 Å². The highest BCUT2D eigenvalue weighted by molar-refractivity contribution is 9.10. The summed E-state index contributed by atoms with van der Waals surface area (Å²) in [6.45, 7) is 0.977. The van der Waals surface area contributed by atoms with E-state index in [1.807, 2.05) is 6.07 Å². The zero-order chi connectivity index (χ0) is 9.42. The van der Waals surface area contributed by atoms with Gasteiger partial charge in [-0.05, 0) is 40.4 Å². The third-order valence-electron chi connectivity index (χ3n) is 2.17. The molecular weight excluding hydrogens is 273 g/mol. The average Bonchev–Trinajstić information content (AvgIpc) is 2.15. The molecule has 0 amide bonds. The summed E-state index contributed by atoms with van der Waals surface area (Å²) >= 11 is 15.5. The van der Waals surface area contributed by atoms with Crippen LogP contribution in [0, 0.1) is 0 Å². The van der Waals surface area contributed by atoms with Crippen LogP contribution in [0.2, 0.25) is 10.0 Å². The monoisotopic (exact) mass is 279 g/mol. The first-order valence-corrected chi connectivity index (χ1v) is 5.65. The Balaban J connectivity index is 2.60. The fourth-order valence-corrected chi connectivity index (χ4v) is 2.55. The third-order valence-corrected chi connectivity index (χ3v) is 3.89. The van der Waals surface area contributed by atoms with Crippen LogP contribution in [0.25, 0.3) is 0 Å². The second-order valence-corrected chi connectivity index (χ2v) is 4.66. The van der Waals surface area contributed by atoms with Crippen molar-refractivity contribution in [1.29, 1.82) is 0 Å². The number of hydrogen-bond donors (Lipinski definition) is 1.